The fourth-order valence-electron chi connectivity index (χ4n) is 4.34. The van der Waals surface area contributed by atoms with E-state index in [1.165, 1.54) is 4.90 Å². The number of benzene rings is 1. The number of cyclic esters (lactones) is 1. The molecule has 34 heavy (non-hydrogen) atoms. The molecular formula is C26H38N2O6. The molecule has 0 N–H and O–H groups in total. The Hall–Kier alpha value is -2.77. The van der Waals surface area contributed by atoms with Crippen LogP contribution < -0.4 is 0 Å². The number of carbonyl (C=O) groups is 3. The Balaban J connectivity index is 1.65. The smallest absolute Gasteiger partial charge is 0.413 e. The molecule has 1 aromatic rings. The lowest BCUT2D eigenvalue weighted by Crippen LogP contribution is -2.49. The minimum absolute atomic E-state index is 0.127. The number of esters is 1. The van der Waals surface area contributed by atoms with Gasteiger partial charge in [-0.05, 0) is 51.5 Å². The molecule has 0 spiro atoms. The van der Waals surface area contributed by atoms with Crippen molar-refractivity contribution in [1.82, 2.24) is 9.80 Å². The summed E-state index contributed by atoms with van der Waals surface area (Å²) in [5, 5.41) is 0. The average Bonchev–Trinajstić information content (AvgIpc) is 3.09. The summed E-state index contributed by atoms with van der Waals surface area (Å²) in [5.41, 5.74) is -0.124. The zero-order valence-corrected chi connectivity index (χ0v) is 21.2. The molecule has 2 atom stereocenters. The van der Waals surface area contributed by atoms with Gasteiger partial charge in [-0.25, -0.2) is 14.4 Å². The van der Waals surface area contributed by atoms with Gasteiger partial charge in [0, 0.05) is 18.5 Å². The van der Waals surface area contributed by atoms with Crippen LogP contribution in [0.4, 0.5) is 9.59 Å². The number of hydrogen-bond donors (Lipinski definition) is 0. The summed E-state index contributed by atoms with van der Waals surface area (Å²) in [6.45, 7) is 12.6. The molecular weight excluding hydrogens is 436 g/mol. The Labute approximate surface area is 202 Å². The minimum atomic E-state index is -0.703. The Morgan fingerprint density at radius 1 is 1.00 bits per heavy atom. The largest absolute Gasteiger partial charge is 0.444 e. The third kappa shape index (κ3) is 6.64. The van der Waals surface area contributed by atoms with Crippen molar-refractivity contribution in [3.05, 3.63) is 35.9 Å². The first-order chi connectivity index (χ1) is 15.8. The van der Waals surface area contributed by atoms with Gasteiger partial charge in [-0.1, -0.05) is 51.1 Å². The monoisotopic (exact) mass is 474 g/mol. The van der Waals surface area contributed by atoms with Crippen LogP contribution in [0.2, 0.25) is 0 Å². The molecule has 1 aromatic carbocycles. The van der Waals surface area contributed by atoms with Crippen molar-refractivity contribution in [2.75, 3.05) is 13.1 Å². The van der Waals surface area contributed by atoms with Gasteiger partial charge >= 0.3 is 18.2 Å². The lowest BCUT2D eigenvalue weighted by Gasteiger charge is -2.36. The maximum Gasteiger partial charge on any atom is 0.413 e. The average molecular weight is 475 g/mol. The predicted molar refractivity (Wildman–Crippen MR) is 127 cm³/mol. The van der Waals surface area contributed by atoms with Crippen LogP contribution in [0.3, 0.4) is 0 Å². The van der Waals surface area contributed by atoms with E-state index in [4.69, 9.17) is 14.2 Å². The quantitative estimate of drug-likeness (QED) is 0.453. The molecule has 2 aliphatic rings. The van der Waals surface area contributed by atoms with E-state index in [0.29, 0.717) is 19.5 Å². The highest BCUT2D eigenvalue weighted by Gasteiger charge is 2.51. The molecule has 0 unspecified atom stereocenters. The second-order valence-corrected chi connectivity index (χ2v) is 11.3. The molecule has 3 rings (SSSR count). The standard InChI is InChI=1S/C26H38N2O6/c1-25(2,3)22-28(24(31)32-17-19-10-8-7-9-11-19)20(21(29)33-22)16-18-12-14-27(15-13-18)23(30)34-26(4,5)6/h7-11,18,20,22H,12-17H2,1-6H3/t20-,22+/m0/s1. The second-order valence-electron chi connectivity index (χ2n) is 11.3. The van der Waals surface area contributed by atoms with Crippen molar-refractivity contribution in [1.29, 1.82) is 0 Å². The Kier molecular flexibility index (Phi) is 7.78. The highest BCUT2D eigenvalue weighted by molar-refractivity contribution is 5.84. The van der Waals surface area contributed by atoms with Crippen molar-refractivity contribution >= 4 is 18.2 Å². The molecule has 0 radical (unpaired) electrons. The number of likely N-dealkylation sites (tertiary alicyclic amines) is 1. The zero-order valence-electron chi connectivity index (χ0n) is 21.2. The van der Waals surface area contributed by atoms with Gasteiger partial charge in [0.2, 0.25) is 0 Å². The molecule has 0 saturated carbocycles. The molecule has 2 aliphatic heterocycles. The summed E-state index contributed by atoms with van der Waals surface area (Å²) in [6.07, 6.45) is 0.381. The maximum atomic E-state index is 13.1. The summed E-state index contributed by atoms with van der Waals surface area (Å²) in [7, 11) is 0. The van der Waals surface area contributed by atoms with Crippen molar-refractivity contribution in [3.63, 3.8) is 0 Å². The van der Waals surface area contributed by atoms with Gasteiger partial charge < -0.3 is 19.1 Å². The third-order valence-electron chi connectivity index (χ3n) is 6.07. The van der Waals surface area contributed by atoms with Gasteiger partial charge in [-0.2, -0.15) is 0 Å². The third-order valence-corrected chi connectivity index (χ3v) is 6.07. The van der Waals surface area contributed by atoms with Crippen molar-refractivity contribution < 1.29 is 28.6 Å². The van der Waals surface area contributed by atoms with Crippen LogP contribution in [-0.2, 0) is 25.6 Å². The minimum Gasteiger partial charge on any atom is -0.444 e. The summed E-state index contributed by atoms with van der Waals surface area (Å²) < 4.78 is 16.7. The van der Waals surface area contributed by atoms with Crippen LogP contribution in [0.25, 0.3) is 0 Å². The van der Waals surface area contributed by atoms with Crippen LogP contribution in [0.15, 0.2) is 30.3 Å². The van der Waals surface area contributed by atoms with Crippen LogP contribution in [-0.4, -0.2) is 58.9 Å². The Morgan fingerprint density at radius 3 is 2.18 bits per heavy atom. The number of piperidine rings is 1. The molecule has 2 fully saturated rings. The van der Waals surface area contributed by atoms with E-state index in [1.54, 1.807) is 4.90 Å². The zero-order chi connectivity index (χ0) is 25.1. The molecule has 8 nitrogen and oxygen atoms in total. The number of nitrogens with zero attached hydrogens (tertiary/aromatic N) is 2. The first kappa shape index (κ1) is 25.8. The van der Waals surface area contributed by atoms with E-state index in [-0.39, 0.29) is 18.6 Å². The highest BCUT2D eigenvalue weighted by Crippen LogP contribution is 2.36. The van der Waals surface area contributed by atoms with Crippen LogP contribution in [0, 0.1) is 11.3 Å². The Bertz CT molecular complexity index is 866. The predicted octanol–water partition coefficient (Wildman–Crippen LogP) is 4.96. The highest BCUT2D eigenvalue weighted by atomic mass is 16.6. The van der Waals surface area contributed by atoms with Gasteiger partial charge in [0.15, 0.2) is 6.23 Å². The normalized spacial score (nSPS) is 21.9. The van der Waals surface area contributed by atoms with E-state index in [1.807, 2.05) is 71.9 Å². The topological polar surface area (TPSA) is 85.4 Å². The van der Waals surface area contributed by atoms with E-state index in [0.717, 1.165) is 18.4 Å². The number of amides is 2. The molecule has 0 aliphatic carbocycles. The first-order valence-corrected chi connectivity index (χ1v) is 12.0. The summed E-state index contributed by atoms with van der Waals surface area (Å²) in [5.74, 6) is -0.217. The summed E-state index contributed by atoms with van der Waals surface area (Å²) in [6, 6.07) is 8.74. The Morgan fingerprint density at radius 2 is 1.62 bits per heavy atom. The molecule has 2 amide bonds. The molecule has 0 bridgehead atoms. The number of rotatable bonds is 4. The fraction of sp³-hybridized carbons (Fsp3) is 0.654. The first-order valence-electron chi connectivity index (χ1n) is 12.0. The maximum absolute atomic E-state index is 13.1. The SMILES string of the molecule is CC(C)(C)OC(=O)N1CCC(C[C@H]2C(=O)O[C@H](C(C)(C)C)N2C(=O)OCc2ccccc2)CC1. The van der Waals surface area contributed by atoms with E-state index < -0.39 is 35.3 Å². The lowest BCUT2D eigenvalue weighted by molar-refractivity contribution is -0.147. The van der Waals surface area contributed by atoms with Crippen LogP contribution in [0.1, 0.15) is 66.4 Å². The van der Waals surface area contributed by atoms with E-state index in [9.17, 15) is 14.4 Å². The molecule has 2 saturated heterocycles. The van der Waals surface area contributed by atoms with E-state index in [2.05, 4.69) is 0 Å². The summed E-state index contributed by atoms with van der Waals surface area (Å²) >= 11 is 0. The van der Waals surface area contributed by atoms with E-state index >= 15 is 0 Å². The van der Waals surface area contributed by atoms with Gasteiger partial charge in [-0.15, -0.1) is 0 Å². The number of carbonyl (C=O) groups excluding carboxylic acids is 3. The van der Waals surface area contributed by atoms with Gasteiger partial charge in [-0.3, -0.25) is 4.90 Å². The van der Waals surface area contributed by atoms with Crippen LogP contribution in [0.5, 0.6) is 0 Å². The van der Waals surface area contributed by atoms with Crippen molar-refractivity contribution in [3.8, 4) is 0 Å². The van der Waals surface area contributed by atoms with Crippen molar-refractivity contribution in [2.24, 2.45) is 11.3 Å². The molecule has 2 heterocycles. The van der Waals surface area contributed by atoms with Gasteiger partial charge in [0.05, 0.1) is 0 Å². The number of ether oxygens (including phenoxy) is 3. The number of hydrogen-bond acceptors (Lipinski definition) is 6. The molecule has 188 valence electrons. The fourth-order valence-corrected chi connectivity index (χ4v) is 4.34. The van der Waals surface area contributed by atoms with Gasteiger partial charge in [0.25, 0.3) is 0 Å². The van der Waals surface area contributed by atoms with Crippen molar-refractivity contribution in [2.45, 2.75) is 85.3 Å². The van der Waals surface area contributed by atoms with Crippen LogP contribution >= 0.6 is 0 Å². The second kappa shape index (κ2) is 10.2. The van der Waals surface area contributed by atoms with Gasteiger partial charge in [0.1, 0.15) is 18.2 Å². The molecule has 8 heteroatoms. The molecule has 0 aromatic heterocycles. The lowest BCUT2D eigenvalue weighted by atomic mass is 9.89. The summed E-state index contributed by atoms with van der Waals surface area (Å²) in [4.78, 5) is 41.6.